The van der Waals surface area contributed by atoms with Gasteiger partial charge in [-0.05, 0) is 106 Å². The minimum absolute atomic E-state index is 0.771. The summed E-state index contributed by atoms with van der Waals surface area (Å²) in [4.78, 5) is 4.73. The molecule has 0 atom stereocenters. The zero-order valence-electron chi connectivity index (χ0n) is 47.8. The summed E-state index contributed by atoms with van der Waals surface area (Å²) >= 11 is 0. The molecule has 0 fully saturated rings. The van der Waals surface area contributed by atoms with Gasteiger partial charge in [0.05, 0.1) is 22.7 Å². The zero-order valence-corrected chi connectivity index (χ0v) is 47.8. The number of rotatable bonds is 10. The van der Waals surface area contributed by atoms with Crippen molar-refractivity contribution in [3.8, 4) is 44.5 Å². The Morgan fingerprint density at radius 1 is 0.230 bits per heavy atom. The zero-order chi connectivity index (χ0) is 57.7. The number of anilines is 6. The van der Waals surface area contributed by atoms with Crippen molar-refractivity contribution < 1.29 is 13.3 Å². The largest absolute Gasteiger partial charge is 0.456 e. The van der Waals surface area contributed by atoms with Crippen molar-refractivity contribution >= 4 is 121 Å². The molecule has 0 aliphatic rings. The topological polar surface area (TPSA) is 45.9 Å². The molecule has 0 saturated heterocycles. The van der Waals surface area contributed by atoms with Crippen molar-refractivity contribution in [3.63, 3.8) is 0 Å². The lowest BCUT2D eigenvalue weighted by Crippen LogP contribution is -2.11. The number of para-hydroxylation sites is 4. The van der Waals surface area contributed by atoms with Gasteiger partial charge in [-0.25, -0.2) is 0 Å². The molecule has 5 nitrogen and oxygen atoms in total. The van der Waals surface area contributed by atoms with Crippen LogP contribution in [0.1, 0.15) is 11.1 Å². The van der Waals surface area contributed by atoms with Crippen molar-refractivity contribution in [3.05, 3.63) is 302 Å². The molecule has 3 heterocycles. The van der Waals surface area contributed by atoms with E-state index in [9.17, 15) is 0 Å². The second-order valence-corrected chi connectivity index (χ2v) is 22.7. The van der Waals surface area contributed by atoms with Crippen LogP contribution in [0.4, 0.5) is 34.1 Å². The Hall–Kier alpha value is -11.4. The fourth-order valence-electron chi connectivity index (χ4n) is 13.6. The Kier molecular flexibility index (Phi) is 11.6. The average molecular weight is 1120 g/mol. The third kappa shape index (κ3) is 8.08. The van der Waals surface area contributed by atoms with Crippen molar-refractivity contribution in [1.29, 1.82) is 0 Å². The number of hydrogen-bond donors (Lipinski definition) is 0. The molecule has 0 unspecified atom stereocenters. The smallest absolute Gasteiger partial charge is 0.159 e. The van der Waals surface area contributed by atoms with E-state index in [-0.39, 0.29) is 0 Å². The Bertz CT molecular complexity index is 5200. The summed E-state index contributed by atoms with van der Waals surface area (Å²) in [5, 5.41) is 10.6. The van der Waals surface area contributed by atoms with E-state index in [1.165, 1.54) is 11.1 Å². The number of fused-ring (bicyclic) bond motifs is 13. The number of nitrogens with zero attached hydrogens (tertiary/aromatic N) is 2. The lowest BCUT2D eigenvalue weighted by molar-refractivity contribution is 0.668. The first-order chi connectivity index (χ1) is 43.0. The summed E-state index contributed by atoms with van der Waals surface area (Å²) in [5.41, 5.74) is 22.0. The van der Waals surface area contributed by atoms with Gasteiger partial charge in [-0.2, -0.15) is 0 Å². The molecule has 14 aromatic carbocycles. The summed E-state index contributed by atoms with van der Waals surface area (Å²) in [6, 6.07) is 104. The Balaban J connectivity index is 0.910. The summed E-state index contributed by atoms with van der Waals surface area (Å²) < 4.78 is 22.0. The Morgan fingerprint density at radius 3 is 0.966 bits per heavy atom. The number of benzene rings is 14. The van der Waals surface area contributed by atoms with Gasteiger partial charge in [-0.1, -0.05) is 243 Å². The maximum Gasteiger partial charge on any atom is 0.159 e. The molecule has 0 radical (unpaired) electrons. The van der Waals surface area contributed by atoms with E-state index in [0.717, 1.165) is 166 Å². The van der Waals surface area contributed by atoms with E-state index in [4.69, 9.17) is 13.3 Å². The van der Waals surface area contributed by atoms with Gasteiger partial charge in [0.1, 0.15) is 22.3 Å². The van der Waals surface area contributed by atoms with Gasteiger partial charge in [0.2, 0.25) is 0 Å². The molecule has 3 aromatic heterocycles. The summed E-state index contributed by atoms with van der Waals surface area (Å²) in [5.74, 6) is 0. The van der Waals surface area contributed by atoms with Crippen LogP contribution in [0.3, 0.4) is 0 Å². The molecular formula is C82H54N2O3. The number of aryl methyl sites for hydroxylation is 2. The van der Waals surface area contributed by atoms with Crippen LogP contribution in [0.15, 0.2) is 304 Å². The molecule has 0 bridgehead atoms. The molecule has 87 heavy (non-hydrogen) atoms. The van der Waals surface area contributed by atoms with Crippen molar-refractivity contribution in [2.45, 2.75) is 13.8 Å². The van der Waals surface area contributed by atoms with Gasteiger partial charge in [-0.3, -0.25) is 0 Å². The standard InChI is InChI=1S/C82H54N2O3/c1-51-21-9-11-27-59(51)65-33-17-35-67-69-37-19-39-71(81(69)86-79(65)67)83(57-45-41-55(42-46-57)53-23-5-3-6-24-53)73-49-75-77(63-31-15-13-29-61(63)73)78-64-32-16-14-30-62(64)74(50-76(78)85-75)84(58-47-43-56(44-48-58)54-25-7-4-8-26-54)72-40-20-38-70-68-36-18-34-66(80(68)87-82(70)72)60-28-12-10-22-52(60)2/h3-50H,1-2H3. The quantitative estimate of drug-likeness (QED) is 0.137. The minimum Gasteiger partial charge on any atom is -0.456 e. The van der Waals surface area contributed by atoms with Crippen molar-refractivity contribution in [1.82, 2.24) is 0 Å². The van der Waals surface area contributed by atoms with E-state index < -0.39 is 0 Å². The first-order valence-electron chi connectivity index (χ1n) is 29.7. The first kappa shape index (κ1) is 50.1. The average Bonchev–Trinajstić information content (AvgIpc) is 2.11. The van der Waals surface area contributed by atoms with Crippen LogP contribution in [0.25, 0.3) is 132 Å². The molecule has 0 aliphatic carbocycles. The van der Waals surface area contributed by atoms with Gasteiger partial charge in [0.15, 0.2) is 11.2 Å². The first-order valence-corrected chi connectivity index (χ1v) is 29.7. The van der Waals surface area contributed by atoms with Crippen LogP contribution in [0, 0.1) is 13.8 Å². The third-order valence-corrected chi connectivity index (χ3v) is 17.7. The van der Waals surface area contributed by atoms with Crippen LogP contribution >= 0.6 is 0 Å². The van der Waals surface area contributed by atoms with Gasteiger partial charge in [0.25, 0.3) is 0 Å². The Labute approximate surface area is 502 Å². The second-order valence-electron chi connectivity index (χ2n) is 22.7. The SMILES string of the molecule is Cc1ccccc1-c1cccc2c1oc1c(N(c3ccc(-c4ccccc4)cc3)c3cc4oc5cc(N(c6ccc(-c7ccccc7)cc6)c6cccc7c6oc6c(-c8ccccc8C)cccc67)c6ccccc6c5c4c4ccccc34)cccc12. The van der Waals surface area contributed by atoms with E-state index >= 15 is 0 Å². The maximum atomic E-state index is 7.47. The Morgan fingerprint density at radius 2 is 0.552 bits per heavy atom. The van der Waals surface area contributed by atoms with Crippen LogP contribution in [-0.4, -0.2) is 0 Å². The predicted molar refractivity (Wildman–Crippen MR) is 364 cm³/mol. The molecule has 0 aliphatic heterocycles. The van der Waals surface area contributed by atoms with Gasteiger partial charge in [-0.15, -0.1) is 0 Å². The predicted octanol–water partition coefficient (Wildman–Crippen LogP) is 23.9. The van der Waals surface area contributed by atoms with E-state index in [0.29, 0.717) is 0 Å². The fourth-order valence-corrected chi connectivity index (χ4v) is 13.6. The fraction of sp³-hybridized carbons (Fsp3) is 0.0244. The maximum absolute atomic E-state index is 7.47. The monoisotopic (exact) mass is 1110 g/mol. The third-order valence-electron chi connectivity index (χ3n) is 17.7. The number of furan rings is 3. The molecular weight excluding hydrogens is 1060 g/mol. The molecule has 17 aromatic rings. The molecule has 410 valence electrons. The summed E-state index contributed by atoms with van der Waals surface area (Å²) in [6.45, 7) is 4.33. The van der Waals surface area contributed by atoms with E-state index in [2.05, 4.69) is 315 Å². The lowest BCUT2D eigenvalue weighted by Gasteiger charge is -2.27. The van der Waals surface area contributed by atoms with Crippen LogP contribution in [-0.2, 0) is 0 Å². The molecule has 5 heteroatoms. The number of hydrogen-bond acceptors (Lipinski definition) is 5. The molecule has 0 N–H and O–H groups in total. The van der Waals surface area contributed by atoms with Crippen LogP contribution in [0.5, 0.6) is 0 Å². The van der Waals surface area contributed by atoms with Gasteiger partial charge < -0.3 is 23.1 Å². The lowest BCUT2D eigenvalue weighted by atomic mass is 9.96. The summed E-state index contributed by atoms with van der Waals surface area (Å²) in [7, 11) is 0. The van der Waals surface area contributed by atoms with Crippen LogP contribution < -0.4 is 9.80 Å². The normalized spacial score (nSPS) is 11.8. The second kappa shape index (κ2) is 20.2. The minimum atomic E-state index is 0.771. The highest BCUT2D eigenvalue weighted by molar-refractivity contribution is 6.31. The molecule has 0 amide bonds. The van der Waals surface area contributed by atoms with Crippen molar-refractivity contribution in [2.24, 2.45) is 0 Å². The highest BCUT2D eigenvalue weighted by Crippen LogP contribution is 2.53. The van der Waals surface area contributed by atoms with Crippen LogP contribution in [0.2, 0.25) is 0 Å². The molecule has 17 rings (SSSR count). The molecule has 0 saturated carbocycles. The highest BCUT2D eigenvalue weighted by atomic mass is 16.3. The van der Waals surface area contributed by atoms with E-state index in [1.807, 2.05) is 0 Å². The molecule has 0 spiro atoms. The van der Waals surface area contributed by atoms with E-state index in [1.54, 1.807) is 0 Å². The van der Waals surface area contributed by atoms with Gasteiger partial charge >= 0.3 is 0 Å². The van der Waals surface area contributed by atoms with Crippen molar-refractivity contribution in [2.75, 3.05) is 9.80 Å². The highest BCUT2D eigenvalue weighted by Gasteiger charge is 2.28. The summed E-state index contributed by atoms with van der Waals surface area (Å²) in [6.07, 6.45) is 0. The van der Waals surface area contributed by atoms with Gasteiger partial charge in [0, 0.05) is 77.7 Å².